The number of alkyl halides is 3. The monoisotopic (exact) mass is 427 g/mol. The first-order chi connectivity index (χ1) is 14.0. The number of aliphatic hydroxyl groups excluding tert-OH is 1. The van der Waals surface area contributed by atoms with Gasteiger partial charge in [-0.3, -0.25) is 9.59 Å². The van der Waals surface area contributed by atoms with Crippen LogP contribution in [0.2, 0.25) is 0 Å². The molecule has 10 heteroatoms. The molecule has 30 heavy (non-hydrogen) atoms. The lowest BCUT2D eigenvalue weighted by Gasteiger charge is -2.31. The molecule has 7 nitrogen and oxygen atoms in total. The Morgan fingerprint density at radius 3 is 2.67 bits per heavy atom. The van der Waals surface area contributed by atoms with Crippen molar-refractivity contribution in [2.75, 3.05) is 20.2 Å². The normalized spacial score (nSPS) is 16.5. The summed E-state index contributed by atoms with van der Waals surface area (Å²) in [7, 11) is 1.55. The number of methoxy groups -OCH3 is 1. The van der Waals surface area contributed by atoms with Gasteiger partial charge in [-0.2, -0.15) is 13.2 Å². The predicted molar refractivity (Wildman–Crippen MR) is 103 cm³/mol. The molecule has 2 atom stereocenters. The number of halogens is 3. The molecular weight excluding hydrogens is 403 g/mol. The molecule has 1 aromatic carbocycles. The second kappa shape index (κ2) is 8.17. The number of carbonyl (C=O) groups excluding carboxylic acids is 2. The van der Waals surface area contributed by atoms with Gasteiger partial charge in [0.1, 0.15) is 11.4 Å². The van der Waals surface area contributed by atoms with Crippen LogP contribution in [0.1, 0.15) is 29.9 Å². The molecule has 2 unspecified atom stereocenters. The predicted octanol–water partition coefficient (Wildman–Crippen LogP) is 2.24. The van der Waals surface area contributed by atoms with Crippen molar-refractivity contribution < 1.29 is 32.6 Å². The van der Waals surface area contributed by atoms with Crippen LogP contribution >= 0.6 is 0 Å². The highest BCUT2D eigenvalue weighted by Crippen LogP contribution is 2.30. The Morgan fingerprint density at radius 1 is 1.37 bits per heavy atom. The maximum absolute atomic E-state index is 12.9. The topological polar surface area (TPSA) is 94.7 Å². The molecule has 0 bridgehead atoms. The van der Waals surface area contributed by atoms with Gasteiger partial charge < -0.3 is 25.0 Å². The van der Waals surface area contributed by atoms with Gasteiger partial charge in [0, 0.05) is 17.4 Å². The number of fused-ring (bicyclic) bond motifs is 3. The summed E-state index contributed by atoms with van der Waals surface area (Å²) in [4.78, 5) is 29.5. The average Bonchev–Trinajstić information content (AvgIpc) is 3.05. The number of benzene rings is 1. The van der Waals surface area contributed by atoms with E-state index in [9.17, 15) is 27.9 Å². The Hall–Kier alpha value is -2.75. The Bertz CT molecular complexity index is 955. The van der Waals surface area contributed by atoms with E-state index in [0.717, 1.165) is 16.5 Å². The molecule has 2 amide bonds. The summed E-state index contributed by atoms with van der Waals surface area (Å²) in [5.41, 5.74) is 1.93. The molecule has 0 fully saturated rings. The zero-order valence-corrected chi connectivity index (χ0v) is 16.8. The van der Waals surface area contributed by atoms with Gasteiger partial charge >= 0.3 is 6.18 Å². The fourth-order valence-corrected chi connectivity index (χ4v) is 3.67. The molecule has 0 saturated heterocycles. The largest absolute Gasteiger partial charge is 0.497 e. The van der Waals surface area contributed by atoms with E-state index < -0.39 is 42.6 Å². The molecular formula is C20H24F3N3O4. The van der Waals surface area contributed by atoms with E-state index in [-0.39, 0.29) is 6.54 Å². The average molecular weight is 427 g/mol. The highest BCUT2D eigenvalue weighted by Gasteiger charge is 2.45. The van der Waals surface area contributed by atoms with Gasteiger partial charge in [-0.25, -0.2) is 0 Å². The van der Waals surface area contributed by atoms with Crippen molar-refractivity contribution in [1.82, 2.24) is 15.2 Å². The summed E-state index contributed by atoms with van der Waals surface area (Å²) in [5.74, 6) is -1.16. The van der Waals surface area contributed by atoms with Gasteiger partial charge in [-0.05, 0) is 36.1 Å². The minimum Gasteiger partial charge on any atom is -0.497 e. The molecule has 164 valence electrons. The van der Waals surface area contributed by atoms with Crippen molar-refractivity contribution in [2.24, 2.45) is 5.92 Å². The Kier molecular flexibility index (Phi) is 5.98. The van der Waals surface area contributed by atoms with Gasteiger partial charge in [0.2, 0.25) is 5.91 Å². The molecule has 0 aliphatic carbocycles. The van der Waals surface area contributed by atoms with Crippen molar-refractivity contribution in [2.45, 2.75) is 38.6 Å². The number of aromatic nitrogens is 1. The number of aromatic amines is 1. The van der Waals surface area contributed by atoms with Crippen molar-refractivity contribution in [3.05, 3.63) is 29.5 Å². The third kappa shape index (κ3) is 4.23. The highest BCUT2D eigenvalue weighted by molar-refractivity contribution is 6.03. The Balaban J connectivity index is 1.74. The number of aliphatic hydroxyl groups is 1. The van der Waals surface area contributed by atoms with Crippen LogP contribution in [0.4, 0.5) is 13.2 Å². The number of hydrogen-bond acceptors (Lipinski definition) is 4. The molecule has 1 aromatic heterocycles. The smallest absolute Gasteiger partial charge is 0.416 e. The molecule has 1 aliphatic rings. The lowest BCUT2D eigenvalue weighted by molar-refractivity contribution is -0.215. The van der Waals surface area contributed by atoms with Crippen LogP contribution in [0.5, 0.6) is 5.75 Å². The lowest BCUT2D eigenvalue weighted by Crippen LogP contribution is -2.55. The van der Waals surface area contributed by atoms with E-state index in [4.69, 9.17) is 4.74 Å². The molecule has 2 heterocycles. The first-order valence-electron chi connectivity index (χ1n) is 9.55. The third-order valence-electron chi connectivity index (χ3n) is 5.30. The van der Waals surface area contributed by atoms with Crippen LogP contribution in [0.25, 0.3) is 10.9 Å². The van der Waals surface area contributed by atoms with E-state index >= 15 is 0 Å². The summed E-state index contributed by atoms with van der Waals surface area (Å²) in [6, 6.07) is 3.88. The van der Waals surface area contributed by atoms with Crippen LogP contribution in [-0.2, 0) is 11.2 Å². The van der Waals surface area contributed by atoms with Crippen LogP contribution in [0.3, 0.4) is 0 Å². The number of rotatable bonds is 6. The minimum absolute atomic E-state index is 0.248. The van der Waals surface area contributed by atoms with Crippen molar-refractivity contribution in [1.29, 1.82) is 0 Å². The zero-order valence-electron chi connectivity index (χ0n) is 16.8. The second-order valence-corrected chi connectivity index (χ2v) is 7.69. The second-order valence-electron chi connectivity index (χ2n) is 7.69. The van der Waals surface area contributed by atoms with Gasteiger partial charge in [0.25, 0.3) is 5.91 Å². The van der Waals surface area contributed by atoms with Crippen LogP contribution < -0.4 is 10.1 Å². The van der Waals surface area contributed by atoms with Gasteiger partial charge in [0.05, 0.1) is 19.7 Å². The maximum Gasteiger partial charge on any atom is 0.416 e. The molecule has 2 aromatic rings. The highest BCUT2D eigenvalue weighted by atomic mass is 19.4. The summed E-state index contributed by atoms with van der Waals surface area (Å²) >= 11 is 0. The number of nitrogens with zero attached hydrogens (tertiary/aromatic N) is 1. The standard InChI is InChI=1S/C20H24F3N3O4/c1-10(2)16(18(28)20(21,22)23)25-15(27)9-26-7-6-12-13-8-11(30-3)4-5-14(13)24-17(12)19(26)29/h4-5,8,10,16,18,24,28H,6-7,9H2,1-3H3,(H,25,27). The van der Waals surface area contributed by atoms with E-state index in [0.29, 0.717) is 17.9 Å². The lowest BCUT2D eigenvalue weighted by atomic mass is 9.98. The minimum atomic E-state index is -4.86. The fraction of sp³-hybridized carbons (Fsp3) is 0.500. The van der Waals surface area contributed by atoms with E-state index in [2.05, 4.69) is 10.3 Å². The number of ether oxygens (including phenoxy) is 1. The van der Waals surface area contributed by atoms with E-state index in [1.807, 2.05) is 6.07 Å². The maximum atomic E-state index is 12.9. The number of carbonyl (C=O) groups is 2. The Morgan fingerprint density at radius 2 is 2.07 bits per heavy atom. The van der Waals surface area contributed by atoms with Gasteiger partial charge in [-0.15, -0.1) is 0 Å². The van der Waals surface area contributed by atoms with Crippen molar-refractivity contribution in [3.63, 3.8) is 0 Å². The number of H-pyrrole nitrogens is 1. The quantitative estimate of drug-likeness (QED) is 0.659. The number of hydrogen-bond donors (Lipinski definition) is 3. The summed E-state index contributed by atoms with van der Waals surface area (Å²) in [6.45, 7) is 2.79. The first-order valence-corrected chi connectivity index (χ1v) is 9.55. The first kappa shape index (κ1) is 21.9. The summed E-state index contributed by atoms with van der Waals surface area (Å²) in [6.07, 6.45) is -7.06. The molecule has 0 spiro atoms. The van der Waals surface area contributed by atoms with Crippen LogP contribution in [0, 0.1) is 5.92 Å². The molecule has 0 radical (unpaired) electrons. The Labute approximate surface area is 171 Å². The zero-order chi connectivity index (χ0) is 22.2. The molecule has 0 saturated carbocycles. The summed E-state index contributed by atoms with van der Waals surface area (Å²) in [5, 5.41) is 12.6. The molecule has 3 rings (SSSR count). The molecule has 3 N–H and O–H groups in total. The SMILES string of the molecule is COc1ccc2[nH]c3c(c2c1)CCN(CC(=O)NC(C(C)C)C(O)C(F)(F)F)C3=O. The van der Waals surface area contributed by atoms with Gasteiger partial charge in [-0.1, -0.05) is 13.8 Å². The number of amides is 2. The van der Waals surface area contributed by atoms with Crippen molar-refractivity contribution in [3.8, 4) is 5.75 Å². The van der Waals surface area contributed by atoms with Crippen LogP contribution in [0.15, 0.2) is 18.2 Å². The fourth-order valence-electron chi connectivity index (χ4n) is 3.67. The van der Waals surface area contributed by atoms with E-state index in [1.54, 1.807) is 19.2 Å². The summed E-state index contributed by atoms with van der Waals surface area (Å²) < 4.78 is 43.8. The third-order valence-corrected chi connectivity index (χ3v) is 5.30. The van der Waals surface area contributed by atoms with Gasteiger partial charge in [0.15, 0.2) is 6.10 Å². The molecule has 1 aliphatic heterocycles. The van der Waals surface area contributed by atoms with E-state index in [1.165, 1.54) is 18.7 Å². The van der Waals surface area contributed by atoms with Crippen LogP contribution in [-0.4, -0.2) is 65.3 Å². The number of nitrogens with one attached hydrogen (secondary N) is 2. The van der Waals surface area contributed by atoms with Crippen molar-refractivity contribution >= 4 is 22.7 Å².